The Morgan fingerprint density at radius 3 is 2.73 bits per heavy atom. The van der Waals surface area contributed by atoms with Crippen LogP contribution in [0.15, 0.2) is 54.7 Å². The van der Waals surface area contributed by atoms with Gasteiger partial charge in [-0.2, -0.15) is 0 Å². The summed E-state index contributed by atoms with van der Waals surface area (Å²) in [7, 11) is 2.13. The molecule has 4 aromatic rings. The molecule has 0 saturated heterocycles. The summed E-state index contributed by atoms with van der Waals surface area (Å²) >= 11 is 0. The van der Waals surface area contributed by atoms with Gasteiger partial charge in [-0.15, -0.1) is 0 Å². The maximum atomic E-state index is 12.0. The molecule has 1 aromatic carbocycles. The highest BCUT2D eigenvalue weighted by atomic mass is 16.1. The van der Waals surface area contributed by atoms with Gasteiger partial charge in [-0.25, -0.2) is 9.97 Å². The summed E-state index contributed by atoms with van der Waals surface area (Å²) in [6, 6.07) is 15.9. The Balaban J connectivity index is 1.65. The Morgan fingerprint density at radius 2 is 1.94 bits per heavy atom. The minimum Gasteiger partial charge on any atom is -0.366 e. The third-order valence-electron chi connectivity index (χ3n) is 6.26. The molecule has 0 saturated carbocycles. The Bertz CT molecular complexity index is 1330. The number of aryl methyl sites for hydroxylation is 1. The lowest BCUT2D eigenvalue weighted by Crippen LogP contribution is -2.18. The lowest BCUT2D eigenvalue weighted by molar-refractivity contribution is 0.0994. The maximum Gasteiger partial charge on any atom is 0.265 e. The zero-order valence-corrected chi connectivity index (χ0v) is 19.0. The summed E-state index contributed by atoms with van der Waals surface area (Å²) in [5.41, 5.74) is 12.3. The van der Waals surface area contributed by atoms with Gasteiger partial charge < -0.3 is 20.4 Å². The van der Waals surface area contributed by atoms with E-state index < -0.39 is 5.91 Å². The molecule has 7 nitrogen and oxygen atoms in total. The molecule has 3 N–H and O–H groups in total. The average molecular weight is 441 g/mol. The highest BCUT2D eigenvalue weighted by molar-refractivity contribution is 5.93. The van der Waals surface area contributed by atoms with Crippen molar-refractivity contribution in [1.82, 2.24) is 19.3 Å². The van der Waals surface area contributed by atoms with Crippen molar-refractivity contribution in [3.05, 3.63) is 82.8 Å². The van der Waals surface area contributed by atoms with Crippen LogP contribution in [-0.4, -0.2) is 38.8 Å². The molecule has 7 heteroatoms. The summed E-state index contributed by atoms with van der Waals surface area (Å²) < 4.78 is 1.84. The molecule has 168 valence electrons. The van der Waals surface area contributed by atoms with Crippen LogP contribution in [0.3, 0.4) is 0 Å². The second-order valence-corrected chi connectivity index (χ2v) is 8.72. The van der Waals surface area contributed by atoms with E-state index in [9.17, 15) is 4.79 Å². The monoisotopic (exact) mass is 440 g/mol. The second kappa shape index (κ2) is 8.67. The minimum atomic E-state index is -0.461. The molecule has 0 aliphatic carbocycles. The Morgan fingerprint density at radius 1 is 1.12 bits per heavy atom. The first-order chi connectivity index (χ1) is 16.0. The smallest absolute Gasteiger partial charge is 0.265 e. The van der Waals surface area contributed by atoms with Crippen molar-refractivity contribution >= 4 is 17.2 Å². The molecule has 0 unspecified atom stereocenters. The number of hydrogen-bond acceptors (Lipinski definition) is 5. The number of carbonyl (C=O) groups excluding carboxylic acids is 1. The van der Waals surface area contributed by atoms with Gasteiger partial charge in [0.15, 0.2) is 5.82 Å². The number of nitrogens with zero attached hydrogens (tertiary/aromatic N) is 4. The minimum absolute atomic E-state index is 0.443. The van der Waals surface area contributed by atoms with Gasteiger partial charge in [-0.3, -0.25) is 4.79 Å². The number of nitrogens with one attached hydrogen (secondary N) is 1. The Hall–Kier alpha value is -3.71. The van der Waals surface area contributed by atoms with E-state index in [1.54, 1.807) is 6.07 Å². The molecular weight excluding hydrogens is 412 g/mol. The first-order valence-electron chi connectivity index (χ1n) is 11.3. The largest absolute Gasteiger partial charge is 0.366 e. The number of amides is 1. The van der Waals surface area contributed by atoms with E-state index in [1.807, 2.05) is 47.9 Å². The van der Waals surface area contributed by atoms with E-state index in [0.717, 1.165) is 54.1 Å². The summed E-state index contributed by atoms with van der Waals surface area (Å²) in [4.78, 5) is 24.3. The second-order valence-electron chi connectivity index (χ2n) is 8.72. The SMILES string of the molecule is Cc1cn2c(C(N)=O)cccc2c1-c1nc2c(c(NCc3ccccc3)n1)CCCN(C)C2. The van der Waals surface area contributed by atoms with Crippen LogP contribution in [0.5, 0.6) is 0 Å². The van der Waals surface area contributed by atoms with E-state index in [0.29, 0.717) is 18.1 Å². The Labute approximate surface area is 193 Å². The number of rotatable bonds is 5. The normalized spacial score (nSPS) is 14.1. The molecule has 0 bridgehead atoms. The first-order valence-corrected chi connectivity index (χ1v) is 11.3. The van der Waals surface area contributed by atoms with Gasteiger partial charge in [-0.1, -0.05) is 36.4 Å². The van der Waals surface area contributed by atoms with Gasteiger partial charge in [0.25, 0.3) is 5.91 Å². The molecule has 5 rings (SSSR count). The number of carbonyl (C=O) groups is 1. The summed E-state index contributed by atoms with van der Waals surface area (Å²) in [6.45, 7) is 4.52. The summed E-state index contributed by atoms with van der Waals surface area (Å²) in [5.74, 6) is 1.09. The molecule has 3 aromatic heterocycles. The van der Waals surface area contributed by atoms with Crippen molar-refractivity contribution in [3.8, 4) is 11.4 Å². The van der Waals surface area contributed by atoms with Crippen LogP contribution in [0.1, 0.15) is 39.3 Å². The van der Waals surface area contributed by atoms with Crippen LogP contribution in [0.25, 0.3) is 16.9 Å². The average Bonchev–Trinajstić information content (AvgIpc) is 3.02. The number of anilines is 1. The van der Waals surface area contributed by atoms with Gasteiger partial charge in [0, 0.05) is 30.4 Å². The Kier molecular flexibility index (Phi) is 5.56. The van der Waals surface area contributed by atoms with Crippen molar-refractivity contribution < 1.29 is 4.79 Å². The van der Waals surface area contributed by atoms with Crippen LogP contribution in [0, 0.1) is 6.92 Å². The topological polar surface area (TPSA) is 88.5 Å². The van der Waals surface area contributed by atoms with Crippen LogP contribution < -0.4 is 11.1 Å². The predicted molar refractivity (Wildman–Crippen MR) is 130 cm³/mol. The number of benzene rings is 1. The number of hydrogen-bond donors (Lipinski definition) is 2. The molecule has 1 aliphatic rings. The van der Waals surface area contributed by atoms with E-state index in [1.165, 1.54) is 11.1 Å². The van der Waals surface area contributed by atoms with Crippen molar-refractivity contribution in [2.45, 2.75) is 32.9 Å². The van der Waals surface area contributed by atoms with E-state index in [2.05, 4.69) is 29.4 Å². The fourth-order valence-electron chi connectivity index (χ4n) is 4.64. The fraction of sp³-hybridized carbons (Fsp3) is 0.269. The zero-order valence-electron chi connectivity index (χ0n) is 19.0. The van der Waals surface area contributed by atoms with Gasteiger partial charge >= 0.3 is 0 Å². The van der Waals surface area contributed by atoms with E-state index in [-0.39, 0.29) is 0 Å². The number of pyridine rings is 1. The molecule has 0 fully saturated rings. The van der Waals surface area contributed by atoms with Crippen molar-refractivity contribution in [2.75, 3.05) is 18.9 Å². The molecule has 4 heterocycles. The third-order valence-corrected chi connectivity index (χ3v) is 6.26. The predicted octanol–water partition coefficient (Wildman–Crippen LogP) is 3.79. The third kappa shape index (κ3) is 4.07. The van der Waals surface area contributed by atoms with Gasteiger partial charge in [0.2, 0.25) is 0 Å². The van der Waals surface area contributed by atoms with Crippen molar-refractivity contribution in [2.24, 2.45) is 5.73 Å². The molecule has 33 heavy (non-hydrogen) atoms. The van der Waals surface area contributed by atoms with Crippen LogP contribution in [0.4, 0.5) is 5.82 Å². The van der Waals surface area contributed by atoms with Gasteiger partial charge in [0.1, 0.15) is 11.5 Å². The molecule has 0 radical (unpaired) electrons. The number of primary amides is 1. The number of aromatic nitrogens is 3. The zero-order chi connectivity index (χ0) is 22.9. The molecule has 0 atom stereocenters. The van der Waals surface area contributed by atoms with Crippen LogP contribution >= 0.6 is 0 Å². The maximum absolute atomic E-state index is 12.0. The molecular formula is C26H28N6O. The number of nitrogens with two attached hydrogens (primary N) is 1. The molecule has 1 amide bonds. The molecule has 1 aliphatic heterocycles. The molecule has 0 spiro atoms. The highest BCUT2D eigenvalue weighted by Gasteiger charge is 2.22. The number of fused-ring (bicyclic) bond motifs is 2. The lowest BCUT2D eigenvalue weighted by Gasteiger charge is -2.17. The van der Waals surface area contributed by atoms with E-state index in [4.69, 9.17) is 15.7 Å². The van der Waals surface area contributed by atoms with Crippen LogP contribution in [0.2, 0.25) is 0 Å². The fourth-order valence-corrected chi connectivity index (χ4v) is 4.64. The lowest BCUT2D eigenvalue weighted by atomic mass is 10.1. The summed E-state index contributed by atoms with van der Waals surface area (Å²) in [6.07, 6.45) is 3.95. The van der Waals surface area contributed by atoms with Crippen LogP contribution in [-0.2, 0) is 19.5 Å². The van der Waals surface area contributed by atoms with E-state index >= 15 is 0 Å². The van der Waals surface area contributed by atoms with Crippen molar-refractivity contribution in [3.63, 3.8) is 0 Å². The standard InChI is InChI=1S/C26H28N6O/c1-17-15-32-21(11-6-12-22(32)24(27)33)23(17)26-29-20-16-31(2)13-7-10-19(20)25(30-26)28-14-18-8-4-3-5-9-18/h3-6,8-9,11-12,15H,7,10,13-14,16H2,1-2H3,(H2,27,33)(H,28,29,30). The van der Waals surface area contributed by atoms with Gasteiger partial charge in [-0.05, 0) is 56.6 Å². The quantitative estimate of drug-likeness (QED) is 0.493. The van der Waals surface area contributed by atoms with Crippen molar-refractivity contribution in [1.29, 1.82) is 0 Å². The highest BCUT2D eigenvalue weighted by Crippen LogP contribution is 2.32. The first kappa shape index (κ1) is 21.2. The summed E-state index contributed by atoms with van der Waals surface area (Å²) in [5, 5.41) is 3.58. The van der Waals surface area contributed by atoms with Gasteiger partial charge in [0.05, 0.1) is 11.2 Å².